The molecular formula is C8H13NO2S. The summed E-state index contributed by atoms with van der Waals surface area (Å²) in [6.45, 7) is 0.573. The van der Waals surface area contributed by atoms with E-state index >= 15 is 0 Å². The predicted molar refractivity (Wildman–Crippen MR) is 48.3 cm³/mol. The van der Waals surface area contributed by atoms with Crippen molar-refractivity contribution in [3.8, 4) is 0 Å². The van der Waals surface area contributed by atoms with Gasteiger partial charge in [0.1, 0.15) is 6.61 Å². The lowest BCUT2D eigenvalue weighted by Crippen LogP contribution is -2.36. The van der Waals surface area contributed by atoms with Gasteiger partial charge in [0.25, 0.3) is 0 Å². The maximum absolute atomic E-state index is 10.8. The van der Waals surface area contributed by atoms with Crippen molar-refractivity contribution in [2.75, 3.05) is 18.1 Å². The molecule has 2 fully saturated rings. The summed E-state index contributed by atoms with van der Waals surface area (Å²) in [5.41, 5.74) is 0. The molecule has 2 unspecified atom stereocenters. The third-order valence-electron chi connectivity index (χ3n) is 2.46. The topological polar surface area (TPSA) is 38.3 Å². The van der Waals surface area contributed by atoms with Gasteiger partial charge >= 0.3 is 6.09 Å². The highest BCUT2D eigenvalue weighted by Crippen LogP contribution is 2.26. The van der Waals surface area contributed by atoms with E-state index in [1.54, 1.807) is 0 Å². The average Bonchev–Trinajstić information content (AvgIpc) is 2.54. The number of carbonyl (C=O) groups is 1. The largest absolute Gasteiger partial charge is 0.447 e. The van der Waals surface area contributed by atoms with Gasteiger partial charge in [-0.15, -0.1) is 0 Å². The molecule has 0 saturated carbocycles. The van der Waals surface area contributed by atoms with E-state index in [2.05, 4.69) is 5.32 Å². The van der Waals surface area contributed by atoms with E-state index < -0.39 is 0 Å². The van der Waals surface area contributed by atoms with Gasteiger partial charge < -0.3 is 10.1 Å². The lowest BCUT2D eigenvalue weighted by Gasteiger charge is -2.24. The maximum atomic E-state index is 10.8. The molecule has 68 valence electrons. The Kier molecular flexibility index (Phi) is 2.44. The molecule has 1 N–H and O–H groups in total. The third kappa shape index (κ3) is 1.68. The summed E-state index contributed by atoms with van der Waals surface area (Å²) in [5.74, 6) is 3.09. The minimum absolute atomic E-state index is 0.240. The molecular weight excluding hydrogens is 174 g/mol. The maximum Gasteiger partial charge on any atom is 0.407 e. The van der Waals surface area contributed by atoms with Gasteiger partial charge in [-0.3, -0.25) is 0 Å². The SMILES string of the molecule is O=C1NC(C2CCCSC2)CO1. The van der Waals surface area contributed by atoms with Crippen molar-refractivity contribution >= 4 is 17.9 Å². The number of alkyl carbamates (subject to hydrolysis) is 1. The Hall–Kier alpha value is -0.380. The first kappa shape index (κ1) is 8.23. The van der Waals surface area contributed by atoms with E-state index in [9.17, 15) is 4.79 Å². The monoisotopic (exact) mass is 187 g/mol. The zero-order chi connectivity index (χ0) is 8.39. The molecule has 2 saturated heterocycles. The van der Waals surface area contributed by atoms with Crippen LogP contribution in [0.15, 0.2) is 0 Å². The van der Waals surface area contributed by atoms with Crippen LogP contribution in [0.5, 0.6) is 0 Å². The first-order valence-electron chi connectivity index (χ1n) is 4.37. The van der Waals surface area contributed by atoms with Crippen molar-refractivity contribution in [3.63, 3.8) is 0 Å². The van der Waals surface area contributed by atoms with Crippen LogP contribution in [0.1, 0.15) is 12.8 Å². The Bertz CT molecular complexity index is 180. The van der Waals surface area contributed by atoms with Crippen molar-refractivity contribution in [2.45, 2.75) is 18.9 Å². The third-order valence-corrected chi connectivity index (χ3v) is 3.70. The Morgan fingerprint density at radius 3 is 3.08 bits per heavy atom. The number of thioether (sulfide) groups is 1. The lowest BCUT2D eigenvalue weighted by molar-refractivity contribution is 0.175. The first-order valence-corrected chi connectivity index (χ1v) is 5.53. The van der Waals surface area contributed by atoms with E-state index in [0.29, 0.717) is 12.5 Å². The summed E-state index contributed by atoms with van der Waals surface area (Å²) in [7, 11) is 0. The number of ether oxygens (including phenoxy) is 1. The Labute approximate surface area is 76.2 Å². The zero-order valence-electron chi connectivity index (χ0n) is 6.91. The van der Waals surface area contributed by atoms with Crippen LogP contribution >= 0.6 is 11.8 Å². The Morgan fingerprint density at radius 1 is 1.58 bits per heavy atom. The van der Waals surface area contributed by atoms with Crippen molar-refractivity contribution in [1.29, 1.82) is 0 Å². The van der Waals surface area contributed by atoms with Crippen molar-refractivity contribution in [1.82, 2.24) is 5.32 Å². The van der Waals surface area contributed by atoms with Gasteiger partial charge in [0.2, 0.25) is 0 Å². The zero-order valence-corrected chi connectivity index (χ0v) is 7.73. The van der Waals surface area contributed by atoms with Crippen LogP contribution in [0.4, 0.5) is 4.79 Å². The average molecular weight is 187 g/mol. The van der Waals surface area contributed by atoms with Gasteiger partial charge in [0.05, 0.1) is 6.04 Å². The van der Waals surface area contributed by atoms with Crippen molar-refractivity contribution in [2.24, 2.45) is 5.92 Å². The first-order chi connectivity index (χ1) is 5.86. The van der Waals surface area contributed by atoms with Gasteiger partial charge in [-0.25, -0.2) is 4.79 Å². The molecule has 0 aliphatic carbocycles. The van der Waals surface area contributed by atoms with Crippen LogP contribution in [0, 0.1) is 5.92 Å². The van der Waals surface area contributed by atoms with E-state index in [1.165, 1.54) is 24.3 Å². The van der Waals surface area contributed by atoms with Gasteiger partial charge in [0, 0.05) is 0 Å². The van der Waals surface area contributed by atoms with E-state index in [4.69, 9.17) is 4.74 Å². The number of hydrogen-bond donors (Lipinski definition) is 1. The van der Waals surface area contributed by atoms with Crippen LogP contribution in [0.2, 0.25) is 0 Å². The van der Waals surface area contributed by atoms with Gasteiger partial charge in [-0.1, -0.05) is 0 Å². The summed E-state index contributed by atoms with van der Waals surface area (Å²) < 4.78 is 4.86. The van der Waals surface area contributed by atoms with Crippen molar-refractivity contribution in [3.05, 3.63) is 0 Å². The molecule has 2 aliphatic heterocycles. The van der Waals surface area contributed by atoms with Crippen LogP contribution in [-0.2, 0) is 4.74 Å². The fourth-order valence-electron chi connectivity index (χ4n) is 1.74. The van der Waals surface area contributed by atoms with Crippen LogP contribution in [-0.4, -0.2) is 30.2 Å². The smallest absolute Gasteiger partial charge is 0.407 e. The molecule has 2 aliphatic rings. The van der Waals surface area contributed by atoms with E-state index in [0.717, 1.165) is 0 Å². The van der Waals surface area contributed by atoms with Crippen LogP contribution in [0.25, 0.3) is 0 Å². The Balaban J connectivity index is 1.86. The molecule has 2 atom stereocenters. The quantitative estimate of drug-likeness (QED) is 0.671. The summed E-state index contributed by atoms with van der Waals surface area (Å²) in [6.07, 6.45) is 2.28. The molecule has 0 radical (unpaired) electrons. The van der Waals surface area contributed by atoms with Gasteiger partial charge in [-0.2, -0.15) is 11.8 Å². The molecule has 1 amide bonds. The molecule has 12 heavy (non-hydrogen) atoms. The molecule has 4 heteroatoms. The molecule has 0 spiro atoms. The second-order valence-corrected chi connectivity index (χ2v) is 4.48. The van der Waals surface area contributed by atoms with Crippen LogP contribution in [0.3, 0.4) is 0 Å². The summed E-state index contributed by atoms with van der Waals surface area (Å²) in [5, 5.41) is 2.85. The summed E-state index contributed by atoms with van der Waals surface area (Å²) in [4.78, 5) is 10.8. The van der Waals surface area contributed by atoms with E-state index in [-0.39, 0.29) is 12.1 Å². The fraction of sp³-hybridized carbons (Fsp3) is 0.875. The van der Waals surface area contributed by atoms with Crippen molar-refractivity contribution < 1.29 is 9.53 Å². The normalized spacial score (nSPS) is 35.8. The standard InChI is InChI=1S/C8H13NO2S/c10-8-9-7(4-11-8)6-2-1-3-12-5-6/h6-7H,1-5H2,(H,9,10). The molecule has 0 aromatic carbocycles. The Morgan fingerprint density at radius 2 is 2.50 bits per heavy atom. The number of hydrogen-bond acceptors (Lipinski definition) is 3. The molecule has 2 heterocycles. The minimum atomic E-state index is -0.240. The molecule has 2 rings (SSSR count). The summed E-state index contributed by atoms with van der Waals surface area (Å²) >= 11 is 1.98. The highest BCUT2D eigenvalue weighted by Gasteiger charge is 2.30. The number of rotatable bonds is 1. The predicted octanol–water partition coefficient (Wildman–Crippen LogP) is 1.24. The fourth-order valence-corrected chi connectivity index (χ4v) is 2.98. The molecule has 0 aromatic rings. The van der Waals surface area contributed by atoms with Crippen LogP contribution < -0.4 is 5.32 Å². The second kappa shape index (κ2) is 3.56. The summed E-state index contributed by atoms with van der Waals surface area (Å²) in [6, 6.07) is 0.283. The highest BCUT2D eigenvalue weighted by molar-refractivity contribution is 7.99. The van der Waals surface area contributed by atoms with Gasteiger partial charge in [-0.05, 0) is 30.3 Å². The second-order valence-electron chi connectivity index (χ2n) is 3.33. The number of nitrogens with one attached hydrogen (secondary N) is 1. The lowest BCUT2D eigenvalue weighted by atomic mass is 9.97. The highest BCUT2D eigenvalue weighted by atomic mass is 32.2. The number of carbonyl (C=O) groups excluding carboxylic acids is 1. The molecule has 0 bridgehead atoms. The number of amides is 1. The van der Waals surface area contributed by atoms with Gasteiger partial charge in [0.15, 0.2) is 0 Å². The molecule has 3 nitrogen and oxygen atoms in total. The molecule has 0 aromatic heterocycles. The number of cyclic esters (lactones) is 1. The minimum Gasteiger partial charge on any atom is -0.447 e. The van der Waals surface area contributed by atoms with E-state index in [1.807, 2.05) is 11.8 Å².